The molecule has 1 unspecified atom stereocenters. The molecule has 2 saturated heterocycles. The molecule has 4 rings (SSSR count). The standard InChI is InChI=1S/C18H21N5O.2C2HF3O2/c24-17-18(5-8-23(17)16-10-20-14-21-11-16)4-2-7-22(13-18)12-15-3-1-6-19-9-15;2*3-2(4,5)1(6)7/h1,3,6,9-11,14H,2,4-5,7-8,12-13H2;2*(H,6,7). The topological polar surface area (TPSA) is 137 Å². The van der Waals surface area contributed by atoms with Crippen molar-refractivity contribution >= 4 is 23.5 Å². The van der Waals surface area contributed by atoms with Crippen LogP contribution in [0.25, 0.3) is 0 Å². The van der Waals surface area contributed by atoms with Crippen LogP contribution < -0.4 is 4.90 Å². The van der Waals surface area contributed by atoms with E-state index in [2.05, 4.69) is 25.9 Å². The van der Waals surface area contributed by atoms with Gasteiger partial charge in [0.2, 0.25) is 5.91 Å². The van der Waals surface area contributed by atoms with Gasteiger partial charge < -0.3 is 15.1 Å². The van der Waals surface area contributed by atoms with Crippen LogP contribution in [0, 0.1) is 5.41 Å². The van der Waals surface area contributed by atoms with Crippen LogP contribution in [0.15, 0.2) is 43.2 Å². The zero-order valence-electron chi connectivity index (χ0n) is 19.6. The van der Waals surface area contributed by atoms with Gasteiger partial charge in [-0.25, -0.2) is 19.6 Å². The highest BCUT2D eigenvalue weighted by Crippen LogP contribution is 2.41. The van der Waals surface area contributed by atoms with Gasteiger partial charge in [0, 0.05) is 32.0 Å². The molecule has 16 heteroatoms. The molecule has 1 amide bonds. The highest BCUT2D eigenvalue weighted by atomic mass is 19.4. The van der Waals surface area contributed by atoms with Crippen molar-refractivity contribution in [3.63, 3.8) is 0 Å². The lowest BCUT2D eigenvalue weighted by molar-refractivity contribution is -0.193. The molecule has 2 aliphatic heterocycles. The molecular formula is C22H23F6N5O5. The molecule has 1 atom stereocenters. The Bertz CT molecular complexity index is 1060. The fourth-order valence-corrected chi connectivity index (χ4v) is 3.99. The third-order valence-corrected chi connectivity index (χ3v) is 5.64. The molecule has 0 aromatic carbocycles. The van der Waals surface area contributed by atoms with Gasteiger partial charge in [-0.3, -0.25) is 14.7 Å². The van der Waals surface area contributed by atoms with Crippen LogP contribution >= 0.6 is 0 Å². The average molecular weight is 551 g/mol. The second-order valence-corrected chi connectivity index (χ2v) is 8.37. The zero-order valence-corrected chi connectivity index (χ0v) is 19.6. The lowest BCUT2D eigenvalue weighted by Crippen LogP contribution is -2.47. The first kappa shape index (κ1) is 30.4. The van der Waals surface area contributed by atoms with Gasteiger partial charge in [-0.1, -0.05) is 6.07 Å². The van der Waals surface area contributed by atoms with E-state index in [4.69, 9.17) is 19.8 Å². The molecule has 10 nitrogen and oxygen atoms in total. The van der Waals surface area contributed by atoms with Crippen LogP contribution in [0.1, 0.15) is 24.8 Å². The number of halogens is 6. The Morgan fingerprint density at radius 3 is 2.00 bits per heavy atom. The first-order valence-electron chi connectivity index (χ1n) is 10.9. The monoisotopic (exact) mass is 551 g/mol. The first-order valence-corrected chi connectivity index (χ1v) is 10.9. The summed E-state index contributed by atoms with van der Waals surface area (Å²) in [5, 5.41) is 14.2. The lowest BCUT2D eigenvalue weighted by atomic mass is 9.78. The number of aliphatic carboxylic acids is 2. The number of rotatable bonds is 3. The van der Waals surface area contributed by atoms with Crippen LogP contribution in [-0.2, 0) is 20.9 Å². The molecule has 2 N–H and O–H groups in total. The Morgan fingerprint density at radius 2 is 1.50 bits per heavy atom. The highest BCUT2D eigenvalue weighted by molar-refractivity contribution is 5.99. The summed E-state index contributed by atoms with van der Waals surface area (Å²) in [7, 11) is 0. The van der Waals surface area contributed by atoms with Gasteiger partial charge in [-0.05, 0) is 37.4 Å². The van der Waals surface area contributed by atoms with Crippen molar-refractivity contribution in [3.05, 3.63) is 48.8 Å². The van der Waals surface area contributed by atoms with Crippen molar-refractivity contribution in [1.82, 2.24) is 19.9 Å². The number of aromatic nitrogens is 3. The Morgan fingerprint density at radius 1 is 0.921 bits per heavy atom. The fourth-order valence-electron chi connectivity index (χ4n) is 3.99. The number of anilines is 1. The van der Waals surface area contributed by atoms with E-state index < -0.39 is 24.3 Å². The minimum Gasteiger partial charge on any atom is -0.475 e. The summed E-state index contributed by atoms with van der Waals surface area (Å²) >= 11 is 0. The van der Waals surface area contributed by atoms with Gasteiger partial charge in [-0.2, -0.15) is 26.3 Å². The van der Waals surface area contributed by atoms with E-state index in [9.17, 15) is 31.1 Å². The smallest absolute Gasteiger partial charge is 0.475 e. The molecule has 208 valence electrons. The molecule has 0 saturated carbocycles. The second kappa shape index (κ2) is 12.6. The third-order valence-electron chi connectivity index (χ3n) is 5.64. The largest absolute Gasteiger partial charge is 0.490 e. The molecule has 0 bridgehead atoms. The SMILES string of the molecule is O=C(O)C(F)(F)F.O=C(O)C(F)(F)F.O=C1N(c2cncnc2)CCC12CCCN(Cc1cccnc1)C2. The summed E-state index contributed by atoms with van der Waals surface area (Å²) in [6, 6.07) is 4.06. The molecule has 1 spiro atoms. The van der Waals surface area contributed by atoms with Crippen molar-refractivity contribution in [3.8, 4) is 0 Å². The van der Waals surface area contributed by atoms with Crippen LogP contribution in [-0.4, -0.2) is 79.9 Å². The molecule has 0 radical (unpaired) electrons. The fraction of sp³-hybridized carbons (Fsp3) is 0.455. The van der Waals surface area contributed by atoms with Crippen LogP contribution in [0.3, 0.4) is 0 Å². The molecule has 0 aliphatic carbocycles. The van der Waals surface area contributed by atoms with Crippen molar-refractivity contribution < 1.29 is 50.9 Å². The summed E-state index contributed by atoms with van der Waals surface area (Å²) in [6.07, 6.45) is 1.41. The van der Waals surface area contributed by atoms with Gasteiger partial charge in [0.1, 0.15) is 6.33 Å². The third kappa shape index (κ3) is 8.64. The van der Waals surface area contributed by atoms with E-state index in [0.29, 0.717) is 0 Å². The number of likely N-dealkylation sites (tertiary alicyclic amines) is 1. The van der Waals surface area contributed by atoms with E-state index in [0.717, 1.165) is 51.1 Å². The van der Waals surface area contributed by atoms with E-state index >= 15 is 0 Å². The zero-order chi connectivity index (χ0) is 28.6. The second-order valence-electron chi connectivity index (χ2n) is 8.37. The van der Waals surface area contributed by atoms with E-state index in [1.54, 1.807) is 18.6 Å². The van der Waals surface area contributed by atoms with Gasteiger partial charge in [0.15, 0.2) is 0 Å². The molecular weight excluding hydrogens is 528 g/mol. The summed E-state index contributed by atoms with van der Waals surface area (Å²) in [5.41, 5.74) is 1.76. The maximum atomic E-state index is 13.1. The van der Waals surface area contributed by atoms with Crippen LogP contribution in [0.2, 0.25) is 0 Å². The Kier molecular flexibility index (Phi) is 10.1. The molecule has 38 heavy (non-hydrogen) atoms. The summed E-state index contributed by atoms with van der Waals surface area (Å²) < 4.78 is 63.5. The lowest BCUT2D eigenvalue weighted by Gasteiger charge is -2.39. The minimum absolute atomic E-state index is 0.230. The number of carbonyl (C=O) groups excluding carboxylic acids is 1. The number of nitrogens with zero attached hydrogens (tertiary/aromatic N) is 5. The van der Waals surface area contributed by atoms with E-state index in [-0.39, 0.29) is 11.3 Å². The molecule has 2 aliphatic rings. The van der Waals surface area contributed by atoms with Crippen molar-refractivity contribution in [2.45, 2.75) is 38.2 Å². The van der Waals surface area contributed by atoms with Crippen LogP contribution in [0.4, 0.5) is 32.0 Å². The summed E-state index contributed by atoms with van der Waals surface area (Å²) in [4.78, 5) is 47.4. The molecule has 4 heterocycles. The average Bonchev–Trinajstić information content (AvgIpc) is 3.15. The molecule has 2 aromatic heterocycles. The number of alkyl halides is 6. The maximum absolute atomic E-state index is 13.1. The van der Waals surface area contributed by atoms with Gasteiger partial charge >= 0.3 is 24.3 Å². The molecule has 2 aromatic rings. The normalized spacial score (nSPS) is 19.7. The van der Waals surface area contributed by atoms with E-state index in [1.165, 1.54) is 11.9 Å². The number of hydrogen-bond acceptors (Lipinski definition) is 7. The Balaban J connectivity index is 0.000000301. The van der Waals surface area contributed by atoms with E-state index in [1.807, 2.05) is 17.2 Å². The highest BCUT2D eigenvalue weighted by Gasteiger charge is 2.49. The predicted molar refractivity (Wildman–Crippen MR) is 118 cm³/mol. The number of carboxylic acids is 2. The Hall–Kier alpha value is -3.82. The van der Waals surface area contributed by atoms with Crippen molar-refractivity contribution in [1.29, 1.82) is 0 Å². The Labute approximate surface area is 211 Å². The number of piperidine rings is 1. The van der Waals surface area contributed by atoms with Crippen LogP contribution in [0.5, 0.6) is 0 Å². The quantitative estimate of drug-likeness (QED) is 0.551. The van der Waals surface area contributed by atoms with Crippen molar-refractivity contribution in [2.24, 2.45) is 5.41 Å². The van der Waals surface area contributed by atoms with Gasteiger partial charge in [0.25, 0.3) is 0 Å². The number of amides is 1. The first-order chi connectivity index (χ1) is 17.7. The number of carboxylic acid groups (broad SMARTS) is 2. The number of carbonyl (C=O) groups is 3. The van der Waals surface area contributed by atoms with Crippen molar-refractivity contribution in [2.75, 3.05) is 24.5 Å². The summed E-state index contributed by atoms with van der Waals surface area (Å²) in [5.74, 6) is -5.28. The minimum atomic E-state index is -5.08. The van der Waals surface area contributed by atoms with Gasteiger partial charge in [0.05, 0.1) is 23.5 Å². The number of hydrogen-bond donors (Lipinski definition) is 2. The maximum Gasteiger partial charge on any atom is 0.490 e. The van der Waals surface area contributed by atoms with Gasteiger partial charge in [-0.15, -0.1) is 0 Å². The number of pyridine rings is 1. The predicted octanol–water partition coefficient (Wildman–Crippen LogP) is 3.16. The summed E-state index contributed by atoms with van der Waals surface area (Å²) in [6.45, 7) is 3.48. The molecule has 2 fully saturated rings.